The maximum Gasteiger partial charge on any atom is 0.343 e. The molecule has 9 heteroatoms. The van der Waals surface area contributed by atoms with Crippen LogP contribution in [0.15, 0.2) is 45.9 Å². The first kappa shape index (κ1) is 21.2. The van der Waals surface area contributed by atoms with Crippen LogP contribution >= 0.6 is 0 Å². The molecule has 0 saturated carbocycles. The molecule has 8 nitrogen and oxygen atoms in total. The smallest absolute Gasteiger partial charge is 0.343 e. The number of carbonyl (C=O) groups excluding carboxylic acids is 2. The Labute approximate surface area is 181 Å². The molecule has 0 atom stereocenters. The third-order valence-electron chi connectivity index (χ3n) is 5.28. The number of aryl methyl sites for hydroxylation is 3. The average Bonchev–Trinajstić information content (AvgIpc) is 3.24. The molecule has 32 heavy (non-hydrogen) atoms. The van der Waals surface area contributed by atoms with Crippen LogP contribution in [-0.4, -0.2) is 32.5 Å². The highest BCUT2D eigenvalue weighted by Gasteiger charge is 2.25. The van der Waals surface area contributed by atoms with Gasteiger partial charge in [0.2, 0.25) is 11.5 Å². The fourth-order valence-corrected chi connectivity index (χ4v) is 3.77. The summed E-state index contributed by atoms with van der Waals surface area (Å²) in [6, 6.07) is 7.69. The highest BCUT2D eigenvalue weighted by molar-refractivity contribution is 6.05. The number of nitrogens with zero attached hydrogens (tertiary/aromatic N) is 3. The SMILES string of the molecule is Cc1oc2ncn(C)c(=O)c2c1C(=O)OCC(=O)c1cc(C)n(-c2cccc(F)c2)c1C. The predicted octanol–water partition coefficient (Wildman–Crippen LogP) is 3.42. The lowest BCUT2D eigenvalue weighted by molar-refractivity contribution is 0.0474. The Kier molecular flexibility index (Phi) is 5.25. The minimum Gasteiger partial charge on any atom is -0.454 e. The van der Waals surface area contributed by atoms with Crippen LogP contribution in [-0.2, 0) is 11.8 Å². The summed E-state index contributed by atoms with van der Waals surface area (Å²) in [6.07, 6.45) is 1.29. The lowest BCUT2D eigenvalue weighted by Crippen LogP contribution is -2.20. The Hall–Kier alpha value is -4.01. The van der Waals surface area contributed by atoms with E-state index in [1.165, 1.54) is 37.0 Å². The van der Waals surface area contributed by atoms with E-state index >= 15 is 0 Å². The van der Waals surface area contributed by atoms with Crippen molar-refractivity contribution in [2.75, 3.05) is 6.61 Å². The van der Waals surface area contributed by atoms with Crippen molar-refractivity contribution in [3.63, 3.8) is 0 Å². The maximum absolute atomic E-state index is 13.6. The molecule has 0 radical (unpaired) electrons. The molecule has 0 aliphatic rings. The number of halogens is 1. The van der Waals surface area contributed by atoms with Gasteiger partial charge in [-0.15, -0.1) is 0 Å². The number of carbonyl (C=O) groups is 2. The first-order chi connectivity index (χ1) is 15.2. The first-order valence-corrected chi connectivity index (χ1v) is 9.79. The molecule has 0 N–H and O–H groups in total. The van der Waals surface area contributed by atoms with Crippen molar-refractivity contribution in [2.24, 2.45) is 7.05 Å². The van der Waals surface area contributed by atoms with Gasteiger partial charge >= 0.3 is 5.97 Å². The van der Waals surface area contributed by atoms with Crippen molar-refractivity contribution >= 4 is 22.9 Å². The van der Waals surface area contributed by atoms with E-state index in [0.717, 1.165) is 5.69 Å². The van der Waals surface area contributed by atoms with Crippen molar-refractivity contribution in [3.05, 3.63) is 81.1 Å². The van der Waals surface area contributed by atoms with Crippen LogP contribution in [0, 0.1) is 26.6 Å². The van der Waals surface area contributed by atoms with Crippen molar-refractivity contribution < 1.29 is 23.1 Å². The third-order valence-corrected chi connectivity index (χ3v) is 5.28. The van der Waals surface area contributed by atoms with E-state index in [2.05, 4.69) is 4.98 Å². The fraction of sp³-hybridized carbons (Fsp3) is 0.217. The molecular formula is C23H20FN3O5. The van der Waals surface area contributed by atoms with Gasteiger partial charge in [-0.25, -0.2) is 14.2 Å². The van der Waals surface area contributed by atoms with Crippen LogP contribution < -0.4 is 5.56 Å². The summed E-state index contributed by atoms with van der Waals surface area (Å²) in [5, 5.41) is 0.00855. The molecule has 1 aromatic carbocycles. The zero-order chi connectivity index (χ0) is 23.2. The minimum atomic E-state index is -0.848. The second-order valence-electron chi connectivity index (χ2n) is 7.47. The largest absolute Gasteiger partial charge is 0.454 e. The van der Waals surface area contributed by atoms with Gasteiger partial charge in [0.25, 0.3) is 5.56 Å². The van der Waals surface area contributed by atoms with Gasteiger partial charge in [0.15, 0.2) is 6.61 Å². The maximum atomic E-state index is 13.6. The highest BCUT2D eigenvalue weighted by atomic mass is 19.1. The van der Waals surface area contributed by atoms with Gasteiger partial charge in [-0.05, 0) is 45.0 Å². The van der Waals surface area contributed by atoms with E-state index in [-0.39, 0.29) is 28.2 Å². The molecule has 0 saturated heterocycles. The van der Waals surface area contributed by atoms with Crippen molar-refractivity contribution in [1.29, 1.82) is 0 Å². The van der Waals surface area contributed by atoms with Gasteiger partial charge in [-0.2, -0.15) is 0 Å². The summed E-state index contributed by atoms with van der Waals surface area (Å²) in [5.41, 5.74) is 1.79. The number of benzene rings is 1. The molecule has 0 bridgehead atoms. The third kappa shape index (κ3) is 3.51. The number of rotatable bonds is 5. The number of hydrogen-bond acceptors (Lipinski definition) is 6. The van der Waals surface area contributed by atoms with E-state index in [1.807, 2.05) is 0 Å². The minimum absolute atomic E-state index is 0.00855. The number of Topliss-reactive ketones (excluding diaryl/α,β-unsaturated/α-hetero) is 1. The standard InChI is InChI=1S/C23H20FN3O5/c1-12-8-17(13(2)27(12)16-7-5-6-15(24)9-16)18(28)10-31-23(30)19-14(3)32-21-20(19)22(29)26(4)11-25-21/h5-9,11H,10H2,1-4H3. The molecule has 0 aliphatic carbocycles. The molecule has 0 amide bonds. The van der Waals surface area contributed by atoms with Crippen molar-refractivity contribution in [1.82, 2.24) is 14.1 Å². The summed E-state index contributed by atoms with van der Waals surface area (Å²) in [6.45, 7) is 4.52. The molecule has 3 heterocycles. The second-order valence-corrected chi connectivity index (χ2v) is 7.47. The van der Waals surface area contributed by atoms with Gasteiger partial charge in [0.1, 0.15) is 28.9 Å². The second kappa shape index (κ2) is 7.92. The van der Waals surface area contributed by atoms with Gasteiger partial charge in [-0.3, -0.25) is 9.59 Å². The average molecular weight is 437 g/mol. The number of ketones is 1. The number of ether oxygens (including phenoxy) is 1. The number of furan rings is 1. The van der Waals surface area contributed by atoms with Gasteiger partial charge < -0.3 is 18.3 Å². The first-order valence-electron chi connectivity index (χ1n) is 9.79. The molecule has 4 rings (SSSR count). The Morgan fingerprint density at radius 2 is 1.94 bits per heavy atom. The van der Waals surface area contributed by atoms with Crippen LogP contribution in [0.4, 0.5) is 4.39 Å². The van der Waals surface area contributed by atoms with Crippen LogP contribution in [0.2, 0.25) is 0 Å². The van der Waals surface area contributed by atoms with E-state index in [4.69, 9.17) is 9.15 Å². The summed E-state index contributed by atoms with van der Waals surface area (Å²) < 4.78 is 27.2. The van der Waals surface area contributed by atoms with E-state index in [9.17, 15) is 18.8 Å². The Morgan fingerprint density at radius 1 is 1.19 bits per heavy atom. The lowest BCUT2D eigenvalue weighted by atomic mass is 10.1. The fourth-order valence-electron chi connectivity index (χ4n) is 3.77. The molecule has 0 fully saturated rings. The van der Waals surface area contributed by atoms with Crippen molar-refractivity contribution in [2.45, 2.75) is 20.8 Å². The summed E-state index contributed by atoms with van der Waals surface area (Å²) >= 11 is 0. The summed E-state index contributed by atoms with van der Waals surface area (Å²) in [5.74, 6) is -1.48. The number of esters is 1. The normalized spacial score (nSPS) is 11.2. The molecule has 164 valence electrons. The number of aromatic nitrogens is 3. The molecule has 4 aromatic rings. The lowest BCUT2D eigenvalue weighted by Gasteiger charge is -2.10. The van der Waals surface area contributed by atoms with Gasteiger partial charge in [0, 0.05) is 29.7 Å². The van der Waals surface area contributed by atoms with Crippen LogP contribution in [0.25, 0.3) is 16.8 Å². The van der Waals surface area contributed by atoms with Crippen LogP contribution in [0.5, 0.6) is 0 Å². The summed E-state index contributed by atoms with van der Waals surface area (Å²) in [7, 11) is 1.50. The molecule has 3 aromatic heterocycles. The Morgan fingerprint density at radius 3 is 2.66 bits per heavy atom. The van der Waals surface area contributed by atoms with E-state index in [1.54, 1.807) is 36.6 Å². The molecule has 0 spiro atoms. The Bertz CT molecular complexity index is 1440. The van der Waals surface area contributed by atoms with Gasteiger partial charge in [0.05, 0.1) is 0 Å². The van der Waals surface area contributed by atoms with Gasteiger partial charge in [-0.1, -0.05) is 6.07 Å². The molecule has 0 unspecified atom stereocenters. The zero-order valence-corrected chi connectivity index (χ0v) is 17.9. The zero-order valence-electron chi connectivity index (χ0n) is 17.9. The van der Waals surface area contributed by atoms with Crippen molar-refractivity contribution in [3.8, 4) is 5.69 Å². The predicted molar refractivity (Wildman–Crippen MR) is 114 cm³/mol. The monoisotopic (exact) mass is 437 g/mol. The Balaban J connectivity index is 1.59. The number of fused-ring (bicyclic) bond motifs is 1. The van der Waals surface area contributed by atoms with E-state index < -0.39 is 23.9 Å². The number of hydrogen-bond donors (Lipinski definition) is 0. The highest BCUT2D eigenvalue weighted by Crippen LogP contribution is 2.24. The van der Waals surface area contributed by atoms with E-state index in [0.29, 0.717) is 16.9 Å². The topological polar surface area (TPSA) is 96.3 Å². The summed E-state index contributed by atoms with van der Waals surface area (Å²) in [4.78, 5) is 41.9. The quantitative estimate of drug-likeness (QED) is 0.351. The van der Waals surface area contributed by atoms with Crippen LogP contribution in [0.3, 0.4) is 0 Å². The van der Waals surface area contributed by atoms with Crippen LogP contribution in [0.1, 0.15) is 37.9 Å². The molecule has 0 aliphatic heterocycles. The molecular weight excluding hydrogens is 417 g/mol.